The summed E-state index contributed by atoms with van der Waals surface area (Å²) in [6.45, 7) is 2.71. The molecule has 5 heteroatoms. The highest BCUT2D eigenvalue weighted by atomic mass is 19.3. The quantitative estimate of drug-likeness (QED) is 0.659. The molecular weight excluding hydrogens is 226 g/mol. The Hall–Kier alpha value is -0.710. The predicted molar refractivity (Wildman–Crippen MR) is 64.9 cm³/mol. The number of rotatable bonds is 9. The average molecular weight is 250 g/mol. The van der Waals surface area contributed by atoms with E-state index in [4.69, 9.17) is 5.73 Å². The third-order valence-corrected chi connectivity index (χ3v) is 2.86. The number of hydrogen-bond donors (Lipinski definition) is 2. The monoisotopic (exact) mass is 250 g/mol. The summed E-state index contributed by atoms with van der Waals surface area (Å²) in [7, 11) is 0. The van der Waals surface area contributed by atoms with E-state index in [-0.39, 0.29) is 5.91 Å². The van der Waals surface area contributed by atoms with E-state index < -0.39 is 19.0 Å². The van der Waals surface area contributed by atoms with E-state index in [1.165, 1.54) is 0 Å². The van der Waals surface area contributed by atoms with Crippen molar-refractivity contribution in [2.75, 3.05) is 13.1 Å². The largest absolute Gasteiger partial charge is 0.350 e. The molecule has 0 radical (unpaired) electrons. The summed E-state index contributed by atoms with van der Waals surface area (Å²) in [6, 6.07) is 0. The Balaban J connectivity index is 3.90. The molecule has 17 heavy (non-hydrogen) atoms. The highest BCUT2D eigenvalue weighted by Gasteiger charge is 2.27. The minimum atomic E-state index is -3.00. The summed E-state index contributed by atoms with van der Waals surface area (Å²) >= 11 is 0. The molecule has 1 unspecified atom stereocenters. The van der Waals surface area contributed by atoms with Crippen LogP contribution < -0.4 is 11.1 Å². The van der Waals surface area contributed by atoms with E-state index in [2.05, 4.69) is 12.2 Å². The van der Waals surface area contributed by atoms with Crippen LogP contribution in [-0.4, -0.2) is 24.9 Å². The van der Waals surface area contributed by atoms with Crippen LogP contribution in [0, 0.1) is 5.92 Å². The van der Waals surface area contributed by atoms with Gasteiger partial charge in [0, 0.05) is 6.42 Å². The Morgan fingerprint density at radius 3 is 2.53 bits per heavy atom. The topological polar surface area (TPSA) is 55.1 Å². The molecule has 1 atom stereocenters. The maximum atomic E-state index is 12.8. The standard InChI is InChI=1S/C12H24F2N2O/c1-3-5-6-10(4-2)7-11(17)16-9-12(13,14)8-15/h10H,3-9,15H2,1-2H3,(H,16,17). The van der Waals surface area contributed by atoms with Crippen molar-refractivity contribution in [2.24, 2.45) is 11.7 Å². The first kappa shape index (κ1) is 16.3. The van der Waals surface area contributed by atoms with Gasteiger partial charge in [0.15, 0.2) is 0 Å². The van der Waals surface area contributed by atoms with E-state index in [1.54, 1.807) is 0 Å². The second-order valence-corrected chi connectivity index (χ2v) is 4.46. The van der Waals surface area contributed by atoms with Gasteiger partial charge in [-0.1, -0.05) is 33.1 Å². The Kier molecular flexibility index (Phi) is 8.04. The van der Waals surface area contributed by atoms with E-state index in [0.717, 1.165) is 25.7 Å². The number of unbranched alkanes of at least 4 members (excludes halogenated alkanes) is 1. The van der Waals surface area contributed by atoms with E-state index in [0.29, 0.717) is 12.3 Å². The Morgan fingerprint density at radius 2 is 2.06 bits per heavy atom. The van der Waals surface area contributed by atoms with Gasteiger partial charge in [0.1, 0.15) is 0 Å². The van der Waals surface area contributed by atoms with Crippen LogP contribution in [0.1, 0.15) is 46.0 Å². The molecule has 0 fully saturated rings. The van der Waals surface area contributed by atoms with Gasteiger partial charge in [0.05, 0.1) is 13.1 Å². The van der Waals surface area contributed by atoms with Gasteiger partial charge in [-0.15, -0.1) is 0 Å². The number of halogens is 2. The Labute approximate surface area is 102 Å². The summed E-state index contributed by atoms with van der Waals surface area (Å²) in [4.78, 5) is 11.5. The minimum absolute atomic E-state index is 0.293. The fraction of sp³-hybridized carbons (Fsp3) is 0.917. The number of amides is 1. The summed E-state index contributed by atoms with van der Waals surface area (Å²) in [6.07, 6.45) is 4.37. The van der Waals surface area contributed by atoms with Gasteiger partial charge in [0.2, 0.25) is 5.91 Å². The highest BCUT2D eigenvalue weighted by molar-refractivity contribution is 5.76. The molecule has 0 saturated heterocycles. The molecule has 0 aliphatic heterocycles. The van der Waals surface area contributed by atoms with Crippen molar-refractivity contribution >= 4 is 5.91 Å². The molecule has 0 aromatic rings. The number of carbonyl (C=O) groups excluding carboxylic acids is 1. The van der Waals surface area contributed by atoms with Crippen LogP contribution in [-0.2, 0) is 4.79 Å². The van der Waals surface area contributed by atoms with Gasteiger partial charge < -0.3 is 11.1 Å². The first-order chi connectivity index (χ1) is 7.95. The first-order valence-corrected chi connectivity index (χ1v) is 6.29. The van der Waals surface area contributed by atoms with Crippen molar-refractivity contribution in [3.8, 4) is 0 Å². The molecule has 0 heterocycles. The molecule has 0 spiro atoms. The second kappa shape index (κ2) is 8.39. The van der Waals surface area contributed by atoms with Crippen LogP contribution in [0.15, 0.2) is 0 Å². The van der Waals surface area contributed by atoms with E-state index in [1.807, 2.05) is 6.92 Å². The van der Waals surface area contributed by atoms with Crippen molar-refractivity contribution in [3.05, 3.63) is 0 Å². The van der Waals surface area contributed by atoms with Crippen LogP contribution in [0.5, 0.6) is 0 Å². The molecule has 3 nitrogen and oxygen atoms in total. The lowest BCUT2D eigenvalue weighted by Gasteiger charge is -2.17. The lowest BCUT2D eigenvalue weighted by molar-refractivity contribution is -0.123. The first-order valence-electron chi connectivity index (χ1n) is 6.29. The maximum absolute atomic E-state index is 12.8. The number of nitrogens with one attached hydrogen (secondary N) is 1. The zero-order valence-corrected chi connectivity index (χ0v) is 10.8. The summed E-state index contributed by atoms with van der Waals surface area (Å²) in [5.74, 6) is -3.01. The van der Waals surface area contributed by atoms with E-state index in [9.17, 15) is 13.6 Å². The van der Waals surface area contributed by atoms with Crippen LogP contribution in [0.4, 0.5) is 8.78 Å². The molecule has 3 N–H and O–H groups in total. The van der Waals surface area contributed by atoms with Crippen molar-refractivity contribution < 1.29 is 13.6 Å². The average Bonchev–Trinajstić information content (AvgIpc) is 2.32. The summed E-state index contributed by atoms with van der Waals surface area (Å²) in [5, 5.41) is 2.25. The fourth-order valence-electron chi connectivity index (χ4n) is 1.58. The number of carbonyl (C=O) groups is 1. The molecule has 1 amide bonds. The lowest BCUT2D eigenvalue weighted by atomic mass is 9.95. The van der Waals surface area contributed by atoms with Gasteiger partial charge in [0.25, 0.3) is 5.92 Å². The van der Waals surface area contributed by atoms with Crippen molar-refractivity contribution in [1.29, 1.82) is 0 Å². The van der Waals surface area contributed by atoms with Gasteiger partial charge >= 0.3 is 0 Å². The van der Waals surface area contributed by atoms with Gasteiger partial charge in [-0.2, -0.15) is 0 Å². The van der Waals surface area contributed by atoms with Gasteiger partial charge in [-0.05, 0) is 12.3 Å². The summed E-state index contributed by atoms with van der Waals surface area (Å²) < 4.78 is 25.6. The Bertz CT molecular complexity index is 223. The van der Waals surface area contributed by atoms with Crippen LogP contribution in [0.3, 0.4) is 0 Å². The molecule has 0 saturated carbocycles. The van der Waals surface area contributed by atoms with Gasteiger partial charge in [-0.25, -0.2) is 8.78 Å². The third kappa shape index (κ3) is 8.07. The molecule has 0 bridgehead atoms. The Morgan fingerprint density at radius 1 is 1.41 bits per heavy atom. The molecule has 0 rings (SSSR count). The maximum Gasteiger partial charge on any atom is 0.277 e. The third-order valence-electron chi connectivity index (χ3n) is 2.86. The fourth-order valence-corrected chi connectivity index (χ4v) is 1.58. The molecule has 0 aliphatic rings. The van der Waals surface area contributed by atoms with Gasteiger partial charge in [-0.3, -0.25) is 4.79 Å². The van der Waals surface area contributed by atoms with Crippen LogP contribution >= 0.6 is 0 Å². The highest BCUT2D eigenvalue weighted by Crippen LogP contribution is 2.16. The second-order valence-electron chi connectivity index (χ2n) is 4.46. The zero-order chi connectivity index (χ0) is 13.3. The normalized spacial score (nSPS) is 13.5. The molecular formula is C12H24F2N2O. The smallest absolute Gasteiger partial charge is 0.277 e. The zero-order valence-electron chi connectivity index (χ0n) is 10.8. The van der Waals surface area contributed by atoms with Crippen LogP contribution in [0.25, 0.3) is 0 Å². The minimum Gasteiger partial charge on any atom is -0.350 e. The molecule has 0 aliphatic carbocycles. The van der Waals surface area contributed by atoms with Crippen LogP contribution in [0.2, 0.25) is 0 Å². The SMILES string of the molecule is CCCCC(CC)CC(=O)NCC(F)(F)CN. The van der Waals surface area contributed by atoms with Crippen molar-refractivity contribution in [1.82, 2.24) is 5.32 Å². The lowest BCUT2D eigenvalue weighted by Crippen LogP contribution is -2.41. The molecule has 0 aromatic heterocycles. The predicted octanol–water partition coefficient (Wildman–Crippen LogP) is 2.30. The summed E-state index contributed by atoms with van der Waals surface area (Å²) in [5.41, 5.74) is 4.88. The number of alkyl halides is 2. The molecule has 102 valence electrons. The number of hydrogen-bond acceptors (Lipinski definition) is 2. The van der Waals surface area contributed by atoms with Crippen molar-refractivity contribution in [2.45, 2.75) is 51.9 Å². The molecule has 0 aromatic carbocycles. The van der Waals surface area contributed by atoms with E-state index >= 15 is 0 Å². The number of nitrogens with two attached hydrogens (primary N) is 1. The van der Waals surface area contributed by atoms with Crippen molar-refractivity contribution in [3.63, 3.8) is 0 Å².